The SMILES string of the molecule is COc1c(-c2cc(N)cc(C(=O)O)c2)ccc2c1CN2C[C@H](O)[C@@H]([C@H](C)O)[C@H](C)C(=O)N[C@H]1C[C@H]2C[C@@H]([C@@H]1C)C2(C)C. The molecule has 8 atom stereocenters. The molecular weight excluding hydrogens is 534 g/mol. The molecule has 4 aliphatic rings. The monoisotopic (exact) mass is 579 g/mol. The van der Waals surface area contributed by atoms with Crippen molar-refractivity contribution in [2.75, 3.05) is 24.3 Å². The van der Waals surface area contributed by atoms with Gasteiger partial charge in [-0.1, -0.05) is 27.7 Å². The van der Waals surface area contributed by atoms with E-state index in [1.165, 1.54) is 12.5 Å². The fraction of sp³-hybridized carbons (Fsp3) is 0.576. The van der Waals surface area contributed by atoms with Crippen molar-refractivity contribution in [3.8, 4) is 16.9 Å². The van der Waals surface area contributed by atoms with Crippen LogP contribution in [-0.2, 0) is 11.3 Å². The Balaban J connectivity index is 1.28. The molecule has 0 saturated heterocycles. The number of carboxylic acid groups (broad SMARTS) is 1. The van der Waals surface area contributed by atoms with Gasteiger partial charge in [0.2, 0.25) is 5.91 Å². The maximum Gasteiger partial charge on any atom is 0.335 e. The summed E-state index contributed by atoms with van der Waals surface area (Å²) in [4.78, 5) is 27.0. The van der Waals surface area contributed by atoms with Crippen molar-refractivity contribution in [3.05, 3.63) is 41.5 Å². The van der Waals surface area contributed by atoms with Crippen LogP contribution < -0.4 is 20.7 Å². The second kappa shape index (κ2) is 11.1. The van der Waals surface area contributed by atoms with Crippen molar-refractivity contribution in [1.82, 2.24) is 5.32 Å². The molecule has 1 amide bonds. The van der Waals surface area contributed by atoms with E-state index in [1.54, 1.807) is 33.1 Å². The normalized spacial score (nSPS) is 26.5. The van der Waals surface area contributed by atoms with Gasteiger partial charge in [-0.25, -0.2) is 4.79 Å². The maximum absolute atomic E-state index is 13.4. The lowest BCUT2D eigenvalue weighted by molar-refractivity contribution is -0.140. The number of ether oxygens (including phenoxy) is 1. The minimum Gasteiger partial charge on any atom is -0.496 e. The van der Waals surface area contributed by atoms with Crippen LogP contribution in [0.4, 0.5) is 11.4 Å². The Kier molecular flexibility index (Phi) is 7.96. The van der Waals surface area contributed by atoms with E-state index in [2.05, 4.69) is 26.1 Å². The minimum atomic E-state index is -1.06. The lowest BCUT2D eigenvalue weighted by atomic mass is 9.44. The van der Waals surface area contributed by atoms with Crippen LogP contribution in [0, 0.1) is 35.0 Å². The third-order valence-corrected chi connectivity index (χ3v) is 10.7. The highest BCUT2D eigenvalue weighted by atomic mass is 16.5. The Bertz CT molecular complexity index is 1370. The van der Waals surface area contributed by atoms with Gasteiger partial charge in [0.15, 0.2) is 0 Å². The number of aromatic carboxylic acids is 1. The molecule has 2 aromatic rings. The lowest BCUT2D eigenvalue weighted by Gasteiger charge is -2.62. The molecule has 9 nitrogen and oxygen atoms in total. The Morgan fingerprint density at radius 3 is 2.48 bits per heavy atom. The molecule has 3 saturated carbocycles. The summed E-state index contributed by atoms with van der Waals surface area (Å²) in [5.74, 6) is -0.119. The number of benzene rings is 2. The molecule has 2 bridgehead atoms. The van der Waals surface area contributed by atoms with Crippen LogP contribution in [0.15, 0.2) is 30.3 Å². The van der Waals surface area contributed by atoms with E-state index in [1.807, 2.05) is 17.0 Å². The van der Waals surface area contributed by atoms with Crippen LogP contribution in [0.2, 0.25) is 0 Å². The summed E-state index contributed by atoms with van der Waals surface area (Å²) in [5.41, 5.74) is 9.95. The van der Waals surface area contributed by atoms with E-state index in [9.17, 15) is 24.9 Å². The number of carbonyl (C=O) groups excluding carboxylic acids is 1. The average molecular weight is 580 g/mol. The number of hydrogen-bond donors (Lipinski definition) is 5. The molecule has 42 heavy (non-hydrogen) atoms. The van der Waals surface area contributed by atoms with E-state index in [0.717, 1.165) is 23.2 Å². The highest BCUT2D eigenvalue weighted by Crippen LogP contribution is 2.61. The summed E-state index contributed by atoms with van der Waals surface area (Å²) in [6.07, 6.45) is 0.401. The molecule has 0 radical (unpaired) electrons. The highest BCUT2D eigenvalue weighted by Gasteiger charge is 2.56. The Morgan fingerprint density at radius 1 is 1.17 bits per heavy atom. The topological polar surface area (TPSA) is 145 Å². The number of hydrogen-bond acceptors (Lipinski definition) is 7. The molecule has 3 fully saturated rings. The number of β-amino-alcohol motifs (C(OH)–C–C–N with tert-alkyl or cyclic N) is 1. The molecule has 228 valence electrons. The zero-order valence-corrected chi connectivity index (χ0v) is 25.4. The molecule has 3 aliphatic carbocycles. The fourth-order valence-electron chi connectivity index (χ4n) is 8.05. The molecule has 0 spiro atoms. The number of fused-ring (bicyclic) bond motifs is 3. The number of aliphatic hydroxyl groups excluding tert-OH is 2. The van der Waals surface area contributed by atoms with E-state index in [0.29, 0.717) is 46.7 Å². The first kappa shape index (κ1) is 30.2. The van der Waals surface area contributed by atoms with E-state index < -0.39 is 30.0 Å². The molecule has 1 heterocycles. The number of methoxy groups -OCH3 is 1. The maximum atomic E-state index is 13.4. The lowest BCUT2D eigenvalue weighted by Crippen LogP contribution is -2.61. The van der Waals surface area contributed by atoms with Gasteiger partial charge in [0.25, 0.3) is 0 Å². The van der Waals surface area contributed by atoms with Crippen molar-refractivity contribution in [1.29, 1.82) is 0 Å². The second-order valence-electron chi connectivity index (χ2n) is 13.4. The number of carbonyl (C=O) groups is 2. The smallest absolute Gasteiger partial charge is 0.335 e. The molecule has 6 rings (SSSR count). The predicted octanol–water partition coefficient (Wildman–Crippen LogP) is 4.14. The van der Waals surface area contributed by atoms with Crippen molar-refractivity contribution >= 4 is 23.3 Å². The molecule has 6 N–H and O–H groups in total. The third kappa shape index (κ3) is 5.11. The standard InChI is InChI=1S/C33H45N3O6/c1-16-25-12-21(33(25,4)5)13-26(16)35-31(39)17(2)29(18(3)37)28(38)15-36-14-24-27(36)8-7-23(30(24)42-6)19-9-20(32(40)41)11-22(34)10-19/h7-11,16-18,21,25-26,28-29,37-38H,12-15,34H2,1-6H3,(H,35,39)(H,40,41)/t16-,17-,18-,21+,25-,26-,28-,29+/m0/s1. The number of nitrogens with two attached hydrogens (primary N) is 1. The van der Waals surface area contributed by atoms with Gasteiger partial charge in [0.05, 0.1) is 24.9 Å². The van der Waals surface area contributed by atoms with E-state index in [4.69, 9.17) is 10.5 Å². The number of amides is 1. The van der Waals surface area contributed by atoms with Gasteiger partial charge >= 0.3 is 5.97 Å². The largest absolute Gasteiger partial charge is 0.496 e. The number of aliphatic hydroxyl groups is 2. The van der Waals surface area contributed by atoms with Gasteiger partial charge in [0.1, 0.15) is 5.75 Å². The zero-order valence-electron chi connectivity index (χ0n) is 25.4. The molecule has 0 aromatic heterocycles. The summed E-state index contributed by atoms with van der Waals surface area (Å²) >= 11 is 0. The third-order valence-electron chi connectivity index (χ3n) is 10.7. The molecular formula is C33H45N3O6. The number of nitrogens with one attached hydrogen (secondary N) is 1. The summed E-state index contributed by atoms with van der Waals surface area (Å²) in [6, 6.07) is 8.60. The van der Waals surface area contributed by atoms with E-state index in [-0.39, 0.29) is 24.1 Å². The summed E-state index contributed by atoms with van der Waals surface area (Å²) in [7, 11) is 1.57. The summed E-state index contributed by atoms with van der Waals surface area (Å²) in [5, 5.41) is 34.7. The van der Waals surface area contributed by atoms with Crippen LogP contribution in [0.5, 0.6) is 5.75 Å². The number of anilines is 2. The predicted molar refractivity (Wildman–Crippen MR) is 162 cm³/mol. The minimum absolute atomic E-state index is 0.0976. The molecule has 1 aliphatic heterocycles. The van der Waals surface area contributed by atoms with Crippen molar-refractivity contribution in [2.24, 2.45) is 35.0 Å². The summed E-state index contributed by atoms with van der Waals surface area (Å²) in [6.45, 7) is 11.1. The quantitative estimate of drug-likeness (QED) is 0.264. The summed E-state index contributed by atoms with van der Waals surface area (Å²) < 4.78 is 5.75. The zero-order chi connectivity index (χ0) is 30.7. The van der Waals surface area contributed by atoms with Crippen molar-refractivity contribution < 1.29 is 29.6 Å². The van der Waals surface area contributed by atoms with Crippen LogP contribution in [0.3, 0.4) is 0 Å². The van der Waals surface area contributed by atoms with E-state index >= 15 is 0 Å². The average Bonchev–Trinajstić information content (AvgIpc) is 2.91. The van der Waals surface area contributed by atoms with Crippen LogP contribution >= 0.6 is 0 Å². The number of carboxylic acids is 1. The Hall–Kier alpha value is -3.30. The Morgan fingerprint density at radius 2 is 1.88 bits per heavy atom. The van der Waals surface area contributed by atoms with Gasteiger partial charge in [-0.2, -0.15) is 0 Å². The van der Waals surface area contributed by atoms with Crippen molar-refractivity contribution in [2.45, 2.75) is 72.3 Å². The number of nitrogen functional groups attached to an aromatic ring is 1. The number of rotatable bonds is 10. The van der Waals surface area contributed by atoms with Gasteiger partial charge in [-0.3, -0.25) is 4.79 Å². The second-order valence-corrected chi connectivity index (χ2v) is 13.4. The van der Waals surface area contributed by atoms with Gasteiger partial charge < -0.3 is 36.0 Å². The van der Waals surface area contributed by atoms with Crippen LogP contribution in [0.25, 0.3) is 11.1 Å². The van der Waals surface area contributed by atoms with Crippen molar-refractivity contribution in [3.63, 3.8) is 0 Å². The fourth-order valence-corrected chi connectivity index (χ4v) is 8.05. The van der Waals surface area contributed by atoms with Crippen LogP contribution in [0.1, 0.15) is 63.4 Å². The number of nitrogens with zero attached hydrogens (tertiary/aromatic N) is 1. The van der Waals surface area contributed by atoms with Crippen LogP contribution in [-0.4, -0.2) is 59.1 Å². The molecule has 9 heteroatoms. The van der Waals surface area contributed by atoms with Gasteiger partial charge in [-0.15, -0.1) is 0 Å². The van der Waals surface area contributed by atoms with Gasteiger partial charge in [0, 0.05) is 53.5 Å². The van der Waals surface area contributed by atoms with Gasteiger partial charge in [-0.05, 0) is 78.8 Å². The molecule has 2 aromatic carbocycles. The highest BCUT2D eigenvalue weighted by molar-refractivity contribution is 5.92. The first-order valence-electron chi connectivity index (χ1n) is 15.0. The molecule has 0 unspecified atom stereocenters. The Labute approximate surface area is 248 Å². The first-order chi connectivity index (χ1) is 19.7. The first-order valence-corrected chi connectivity index (χ1v) is 15.0.